The maximum Gasteiger partial charge on any atom is 0.389 e. The highest BCUT2D eigenvalue weighted by Crippen LogP contribution is 2.28. The van der Waals surface area contributed by atoms with Crippen molar-refractivity contribution < 1.29 is 18.0 Å². The number of carbonyl (C=O) groups excluding carboxylic acids is 1. The summed E-state index contributed by atoms with van der Waals surface area (Å²) in [7, 11) is 0. The van der Waals surface area contributed by atoms with E-state index >= 15 is 0 Å². The Morgan fingerprint density at radius 3 is 2.71 bits per heavy atom. The highest BCUT2D eigenvalue weighted by atomic mass is 32.1. The molecule has 0 spiro atoms. The first kappa shape index (κ1) is 12.1. The Bertz CT molecular complexity index is 542. The number of hydrogen-bond acceptors (Lipinski definition) is 2. The van der Waals surface area contributed by atoms with E-state index in [2.05, 4.69) is 0 Å². The molecule has 0 unspecified atom stereocenters. The minimum absolute atomic E-state index is 0.391. The molecule has 0 saturated carbocycles. The van der Waals surface area contributed by atoms with Crippen LogP contribution < -0.4 is 0 Å². The molecule has 90 valence electrons. The minimum atomic E-state index is -4.28. The van der Waals surface area contributed by atoms with Crippen molar-refractivity contribution in [2.75, 3.05) is 0 Å². The van der Waals surface area contributed by atoms with Gasteiger partial charge in [-0.2, -0.15) is 13.2 Å². The number of fused-ring (bicyclic) bond motifs is 1. The van der Waals surface area contributed by atoms with Gasteiger partial charge in [-0.1, -0.05) is 12.1 Å². The molecule has 5 heteroatoms. The first-order valence-electron chi connectivity index (χ1n) is 5.03. The minimum Gasteiger partial charge on any atom is -0.294 e. The fourth-order valence-corrected chi connectivity index (χ4v) is 2.53. The van der Waals surface area contributed by atoms with Gasteiger partial charge < -0.3 is 0 Å². The lowest BCUT2D eigenvalue weighted by Crippen LogP contribution is -2.10. The normalized spacial score (nSPS) is 11.9. The van der Waals surface area contributed by atoms with Gasteiger partial charge in [0.2, 0.25) is 0 Å². The molecule has 2 aromatic rings. The van der Waals surface area contributed by atoms with Gasteiger partial charge >= 0.3 is 6.18 Å². The fraction of sp³-hybridized carbons (Fsp3) is 0.250. The Balaban J connectivity index is 2.22. The average Bonchev–Trinajstić information content (AvgIpc) is 2.72. The van der Waals surface area contributed by atoms with Crippen LogP contribution in [0.4, 0.5) is 13.2 Å². The second kappa shape index (κ2) is 4.49. The molecular formula is C12H9F3OS. The molecule has 1 aromatic carbocycles. The molecule has 17 heavy (non-hydrogen) atoms. The number of ketones is 1. The van der Waals surface area contributed by atoms with Crippen LogP contribution in [0.5, 0.6) is 0 Å². The van der Waals surface area contributed by atoms with Crippen LogP contribution in [0.1, 0.15) is 23.2 Å². The van der Waals surface area contributed by atoms with Gasteiger partial charge in [0.15, 0.2) is 5.78 Å². The number of carbonyl (C=O) groups is 1. The van der Waals surface area contributed by atoms with E-state index in [1.165, 1.54) is 11.3 Å². The molecule has 0 amide bonds. The lowest BCUT2D eigenvalue weighted by molar-refractivity contribution is -0.133. The van der Waals surface area contributed by atoms with Crippen molar-refractivity contribution in [2.45, 2.75) is 19.0 Å². The van der Waals surface area contributed by atoms with E-state index in [1.807, 2.05) is 17.5 Å². The molecule has 1 aromatic heterocycles. The Labute approximate surface area is 99.9 Å². The second-order valence-electron chi connectivity index (χ2n) is 3.68. The predicted octanol–water partition coefficient (Wildman–Crippen LogP) is 4.43. The Morgan fingerprint density at radius 1 is 1.24 bits per heavy atom. The van der Waals surface area contributed by atoms with Crippen LogP contribution in [0.25, 0.3) is 10.1 Å². The first-order chi connectivity index (χ1) is 7.97. The van der Waals surface area contributed by atoms with E-state index in [1.54, 1.807) is 12.1 Å². The predicted molar refractivity (Wildman–Crippen MR) is 61.4 cm³/mol. The van der Waals surface area contributed by atoms with Gasteiger partial charge in [-0.3, -0.25) is 4.79 Å². The van der Waals surface area contributed by atoms with Crippen molar-refractivity contribution in [3.63, 3.8) is 0 Å². The summed E-state index contributed by atoms with van der Waals surface area (Å²) in [4.78, 5) is 11.7. The third-order valence-electron chi connectivity index (χ3n) is 2.41. The third-order valence-corrected chi connectivity index (χ3v) is 3.38. The van der Waals surface area contributed by atoms with Crippen LogP contribution >= 0.6 is 11.3 Å². The number of benzene rings is 1. The fourth-order valence-electron chi connectivity index (χ4n) is 1.60. The monoisotopic (exact) mass is 258 g/mol. The summed E-state index contributed by atoms with van der Waals surface area (Å²) >= 11 is 1.37. The van der Waals surface area contributed by atoms with E-state index in [-0.39, 0.29) is 0 Å². The average molecular weight is 258 g/mol. The van der Waals surface area contributed by atoms with Gasteiger partial charge in [0.05, 0.1) is 6.42 Å². The van der Waals surface area contributed by atoms with Gasteiger partial charge in [-0.15, -0.1) is 11.3 Å². The summed E-state index contributed by atoms with van der Waals surface area (Å²) < 4.78 is 36.9. The molecule has 0 aliphatic heterocycles. The molecule has 0 N–H and O–H groups in total. The standard InChI is InChI=1S/C12H9F3OS/c13-12(14,15)6-4-10(16)9-3-1-2-8-5-7-17-11(8)9/h1-3,5,7H,4,6H2. The van der Waals surface area contributed by atoms with Gasteiger partial charge in [-0.25, -0.2) is 0 Å². The number of halogens is 3. The molecule has 0 bridgehead atoms. The van der Waals surface area contributed by atoms with Crippen LogP contribution in [0.2, 0.25) is 0 Å². The van der Waals surface area contributed by atoms with E-state index in [9.17, 15) is 18.0 Å². The lowest BCUT2D eigenvalue weighted by Gasteiger charge is -2.06. The summed E-state index contributed by atoms with van der Waals surface area (Å²) in [6.07, 6.45) is -5.83. The largest absolute Gasteiger partial charge is 0.389 e. The molecule has 0 radical (unpaired) electrons. The quantitative estimate of drug-likeness (QED) is 0.744. The van der Waals surface area contributed by atoms with Crippen molar-refractivity contribution in [1.82, 2.24) is 0 Å². The summed E-state index contributed by atoms with van der Waals surface area (Å²) in [6, 6.07) is 6.96. The molecule has 1 nitrogen and oxygen atoms in total. The maximum atomic E-state index is 12.0. The van der Waals surface area contributed by atoms with Crippen molar-refractivity contribution in [3.05, 3.63) is 35.2 Å². The highest BCUT2D eigenvalue weighted by Gasteiger charge is 2.28. The first-order valence-corrected chi connectivity index (χ1v) is 5.91. The lowest BCUT2D eigenvalue weighted by atomic mass is 10.1. The second-order valence-corrected chi connectivity index (χ2v) is 4.60. The van der Waals surface area contributed by atoms with E-state index < -0.39 is 24.8 Å². The van der Waals surface area contributed by atoms with Crippen molar-refractivity contribution >= 4 is 27.2 Å². The molecule has 0 aliphatic rings. The molecule has 0 fully saturated rings. The molecular weight excluding hydrogens is 249 g/mol. The zero-order valence-corrected chi connectivity index (χ0v) is 9.57. The molecule has 0 aliphatic carbocycles. The number of rotatable bonds is 3. The molecule has 1 heterocycles. The summed E-state index contributed by atoms with van der Waals surface area (Å²) in [6.45, 7) is 0. The highest BCUT2D eigenvalue weighted by molar-refractivity contribution is 7.17. The SMILES string of the molecule is O=C(CCC(F)(F)F)c1cccc2ccsc12. The van der Waals surface area contributed by atoms with E-state index in [0.717, 1.165) is 10.1 Å². The number of Topliss-reactive ketones (excluding diaryl/α,β-unsaturated/α-hetero) is 1. The van der Waals surface area contributed by atoms with E-state index in [0.29, 0.717) is 5.56 Å². The summed E-state index contributed by atoms with van der Waals surface area (Å²) in [5.74, 6) is -0.449. The van der Waals surface area contributed by atoms with Gasteiger partial charge in [0, 0.05) is 16.7 Å². The Kier molecular flexibility index (Phi) is 3.19. The number of thiophene rings is 1. The zero-order valence-electron chi connectivity index (χ0n) is 8.75. The maximum absolute atomic E-state index is 12.0. The van der Waals surface area contributed by atoms with Crippen LogP contribution in [0, 0.1) is 0 Å². The topological polar surface area (TPSA) is 17.1 Å². The van der Waals surface area contributed by atoms with Gasteiger partial charge in [0.25, 0.3) is 0 Å². The van der Waals surface area contributed by atoms with Crippen molar-refractivity contribution in [3.8, 4) is 0 Å². The molecule has 0 atom stereocenters. The van der Waals surface area contributed by atoms with Gasteiger partial charge in [0.1, 0.15) is 0 Å². The Morgan fingerprint density at radius 2 is 2.00 bits per heavy atom. The third kappa shape index (κ3) is 2.85. The van der Waals surface area contributed by atoms with Crippen LogP contribution in [-0.4, -0.2) is 12.0 Å². The van der Waals surface area contributed by atoms with Crippen molar-refractivity contribution in [2.24, 2.45) is 0 Å². The summed E-state index contributed by atoms with van der Waals surface area (Å²) in [5.41, 5.74) is 0.391. The molecule has 0 saturated heterocycles. The van der Waals surface area contributed by atoms with Crippen molar-refractivity contribution in [1.29, 1.82) is 0 Å². The van der Waals surface area contributed by atoms with Crippen LogP contribution in [-0.2, 0) is 0 Å². The summed E-state index contributed by atoms with van der Waals surface area (Å²) in [5, 5.41) is 2.72. The zero-order chi connectivity index (χ0) is 12.5. The van der Waals surface area contributed by atoms with Gasteiger partial charge in [-0.05, 0) is 22.9 Å². The Hall–Kier alpha value is -1.36. The van der Waals surface area contributed by atoms with Crippen LogP contribution in [0.3, 0.4) is 0 Å². The smallest absolute Gasteiger partial charge is 0.294 e. The molecule has 2 rings (SSSR count). The van der Waals surface area contributed by atoms with E-state index in [4.69, 9.17) is 0 Å². The number of hydrogen-bond donors (Lipinski definition) is 0. The number of alkyl halides is 3. The van der Waals surface area contributed by atoms with Crippen LogP contribution in [0.15, 0.2) is 29.6 Å².